The van der Waals surface area contributed by atoms with Crippen LogP contribution in [-0.4, -0.2) is 18.1 Å². The van der Waals surface area contributed by atoms with Crippen LogP contribution in [0.5, 0.6) is 5.75 Å². The third-order valence-electron chi connectivity index (χ3n) is 2.49. The Morgan fingerprint density at radius 1 is 1.22 bits per heavy atom. The number of halogens is 1. The average molecular weight is 263 g/mol. The van der Waals surface area contributed by atoms with Crippen molar-refractivity contribution in [1.29, 1.82) is 0 Å². The molecule has 0 bridgehead atoms. The van der Waals surface area contributed by atoms with E-state index in [2.05, 4.69) is 10.3 Å². The lowest BCUT2D eigenvalue weighted by molar-refractivity contribution is 0.329. The van der Waals surface area contributed by atoms with Crippen LogP contribution in [0.25, 0.3) is 0 Å². The monoisotopic (exact) mass is 262 g/mol. The predicted octanol–water partition coefficient (Wildman–Crippen LogP) is 3.53. The van der Waals surface area contributed by atoms with Gasteiger partial charge in [-0.25, -0.2) is 0 Å². The first-order valence-electron chi connectivity index (χ1n) is 5.79. The Morgan fingerprint density at radius 3 is 2.72 bits per heavy atom. The predicted molar refractivity (Wildman–Crippen MR) is 74.4 cm³/mol. The van der Waals surface area contributed by atoms with Crippen molar-refractivity contribution in [3.05, 3.63) is 53.3 Å². The molecule has 1 heterocycles. The van der Waals surface area contributed by atoms with E-state index in [4.69, 9.17) is 16.3 Å². The van der Waals surface area contributed by atoms with Crippen LogP contribution in [0.4, 0.5) is 5.69 Å². The maximum atomic E-state index is 5.81. The molecule has 0 fully saturated rings. The van der Waals surface area contributed by atoms with E-state index in [1.807, 2.05) is 43.3 Å². The molecule has 0 unspecified atom stereocenters. The van der Waals surface area contributed by atoms with Gasteiger partial charge in [0.1, 0.15) is 12.4 Å². The topological polar surface area (TPSA) is 34.1 Å². The number of nitrogens with zero attached hydrogens (tertiary/aromatic N) is 1. The highest BCUT2D eigenvalue weighted by atomic mass is 35.5. The Hall–Kier alpha value is -1.74. The highest BCUT2D eigenvalue weighted by molar-refractivity contribution is 6.30. The quantitative estimate of drug-likeness (QED) is 0.837. The van der Waals surface area contributed by atoms with Gasteiger partial charge in [-0.1, -0.05) is 11.6 Å². The minimum Gasteiger partial charge on any atom is -0.490 e. The Kier molecular flexibility index (Phi) is 4.42. The highest BCUT2D eigenvalue weighted by Gasteiger charge is 1.98. The molecule has 0 aliphatic rings. The smallest absolute Gasteiger partial charge is 0.140 e. The van der Waals surface area contributed by atoms with Gasteiger partial charge in [-0.05, 0) is 43.3 Å². The molecule has 0 saturated heterocycles. The van der Waals surface area contributed by atoms with Gasteiger partial charge in [0.2, 0.25) is 0 Å². The fourth-order valence-corrected chi connectivity index (χ4v) is 1.67. The van der Waals surface area contributed by atoms with E-state index in [1.165, 1.54) is 0 Å². The van der Waals surface area contributed by atoms with Gasteiger partial charge in [-0.2, -0.15) is 0 Å². The van der Waals surface area contributed by atoms with Gasteiger partial charge in [0.05, 0.1) is 5.69 Å². The maximum Gasteiger partial charge on any atom is 0.140 e. The Labute approximate surface area is 112 Å². The first kappa shape index (κ1) is 12.7. The van der Waals surface area contributed by atoms with Crippen molar-refractivity contribution in [3.63, 3.8) is 0 Å². The van der Waals surface area contributed by atoms with Crippen LogP contribution in [0, 0.1) is 6.92 Å². The molecule has 3 nitrogen and oxygen atoms in total. The minimum atomic E-state index is 0.592. The van der Waals surface area contributed by atoms with Crippen molar-refractivity contribution in [1.82, 2.24) is 4.98 Å². The molecule has 0 aliphatic heterocycles. The van der Waals surface area contributed by atoms with E-state index < -0.39 is 0 Å². The van der Waals surface area contributed by atoms with Crippen LogP contribution in [0.2, 0.25) is 5.02 Å². The van der Waals surface area contributed by atoms with Crippen LogP contribution < -0.4 is 10.1 Å². The van der Waals surface area contributed by atoms with Crippen LogP contribution in [0.1, 0.15) is 5.69 Å². The molecular weight excluding hydrogens is 248 g/mol. The summed E-state index contributed by atoms with van der Waals surface area (Å²) in [5, 5.41) is 4.00. The molecule has 4 heteroatoms. The number of anilines is 1. The average Bonchev–Trinajstić information content (AvgIpc) is 2.39. The third kappa shape index (κ3) is 3.64. The molecular formula is C14H15ClN2O. The van der Waals surface area contributed by atoms with E-state index in [0.29, 0.717) is 6.61 Å². The summed E-state index contributed by atoms with van der Waals surface area (Å²) in [6.07, 6.45) is 1.76. The second-order valence-electron chi connectivity index (χ2n) is 3.87. The first-order chi connectivity index (χ1) is 8.75. The van der Waals surface area contributed by atoms with Crippen LogP contribution in [0.15, 0.2) is 42.6 Å². The molecule has 94 valence electrons. The summed E-state index contributed by atoms with van der Waals surface area (Å²) in [7, 11) is 0. The van der Waals surface area contributed by atoms with Gasteiger partial charge in [-0.3, -0.25) is 4.98 Å². The lowest BCUT2D eigenvalue weighted by Gasteiger charge is -2.09. The zero-order valence-electron chi connectivity index (χ0n) is 10.2. The SMILES string of the molecule is Cc1ncccc1OCCNc1ccc(Cl)cc1. The van der Waals surface area contributed by atoms with E-state index in [1.54, 1.807) is 6.20 Å². The van der Waals surface area contributed by atoms with E-state index in [0.717, 1.165) is 28.7 Å². The summed E-state index contributed by atoms with van der Waals surface area (Å²) in [4.78, 5) is 4.17. The molecule has 1 aromatic heterocycles. The first-order valence-corrected chi connectivity index (χ1v) is 6.17. The molecule has 0 radical (unpaired) electrons. The summed E-state index contributed by atoms with van der Waals surface area (Å²) in [5.41, 5.74) is 1.94. The number of benzene rings is 1. The Bertz CT molecular complexity index is 499. The number of aryl methyl sites for hydroxylation is 1. The van der Waals surface area contributed by atoms with Crippen LogP contribution in [0.3, 0.4) is 0 Å². The fourth-order valence-electron chi connectivity index (χ4n) is 1.55. The summed E-state index contributed by atoms with van der Waals surface area (Å²) < 4.78 is 5.63. The lowest BCUT2D eigenvalue weighted by Crippen LogP contribution is -2.12. The van der Waals surface area contributed by atoms with Crippen molar-refractivity contribution < 1.29 is 4.74 Å². The summed E-state index contributed by atoms with van der Waals surface area (Å²) in [6.45, 7) is 3.26. The van der Waals surface area contributed by atoms with Gasteiger partial charge >= 0.3 is 0 Å². The summed E-state index contributed by atoms with van der Waals surface area (Å²) >= 11 is 5.81. The number of hydrogen-bond donors (Lipinski definition) is 1. The third-order valence-corrected chi connectivity index (χ3v) is 2.74. The Morgan fingerprint density at radius 2 is 2.00 bits per heavy atom. The van der Waals surface area contributed by atoms with E-state index in [-0.39, 0.29) is 0 Å². The Balaban J connectivity index is 1.76. The second kappa shape index (κ2) is 6.26. The molecule has 2 aromatic rings. The molecule has 0 saturated carbocycles. The fraction of sp³-hybridized carbons (Fsp3) is 0.214. The zero-order valence-corrected chi connectivity index (χ0v) is 10.9. The molecule has 1 N–H and O–H groups in total. The number of pyridine rings is 1. The molecule has 0 aliphatic carbocycles. The lowest BCUT2D eigenvalue weighted by atomic mass is 10.3. The van der Waals surface area contributed by atoms with E-state index >= 15 is 0 Å². The van der Waals surface area contributed by atoms with Crippen molar-refractivity contribution in [2.45, 2.75) is 6.92 Å². The number of rotatable bonds is 5. The normalized spacial score (nSPS) is 10.1. The minimum absolute atomic E-state index is 0.592. The second-order valence-corrected chi connectivity index (χ2v) is 4.31. The molecule has 2 rings (SSSR count). The number of aromatic nitrogens is 1. The maximum absolute atomic E-state index is 5.81. The number of hydrogen-bond acceptors (Lipinski definition) is 3. The molecule has 0 atom stereocenters. The molecule has 0 amide bonds. The standard InChI is InChI=1S/C14H15ClN2O/c1-11-14(3-2-8-16-11)18-10-9-17-13-6-4-12(15)5-7-13/h2-8,17H,9-10H2,1H3. The van der Waals surface area contributed by atoms with Crippen molar-refractivity contribution >= 4 is 17.3 Å². The van der Waals surface area contributed by atoms with Gasteiger partial charge in [0, 0.05) is 23.5 Å². The summed E-state index contributed by atoms with van der Waals surface area (Å²) in [6, 6.07) is 11.4. The van der Waals surface area contributed by atoms with Crippen molar-refractivity contribution in [3.8, 4) is 5.75 Å². The van der Waals surface area contributed by atoms with Crippen molar-refractivity contribution in [2.75, 3.05) is 18.5 Å². The zero-order chi connectivity index (χ0) is 12.8. The summed E-state index contributed by atoms with van der Waals surface area (Å²) in [5.74, 6) is 0.829. The van der Waals surface area contributed by atoms with Gasteiger partial charge < -0.3 is 10.1 Å². The van der Waals surface area contributed by atoms with Gasteiger partial charge in [-0.15, -0.1) is 0 Å². The van der Waals surface area contributed by atoms with Crippen LogP contribution in [-0.2, 0) is 0 Å². The van der Waals surface area contributed by atoms with Gasteiger partial charge in [0.25, 0.3) is 0 Å². The number of ether oxygens (including phenoxy) is 1. The molecule has 18 heavy (non-hydrogen) atoms. The largest absolute Gasteiger partial charge is 0.490 e. The number of nitrogens with one attached hydrogen (secondary N) is 1. The van der Waals surface area contributed by atoms with E-state index in [9.17, 15) is 0 Å². The molecule has 0 spiro atoms. The van der Waals surface area contributed by atoms with Crippen molar-refractivity contribution in [2.24, 2.45) is 0 Å². The highest BCUT2D eigenvalue weighted by Crippen LogP contribution is 2.14. The molecule has 1 aromatic carbocycles. The van der Waals surface area contributed by atoms with Gasteiger partial charge in [0.15, 0.2) is 0 Å². The van der Waals surface area contributed by atoms with Crippen LogP contribution >= 0.6 is 11.6 Å².